The summed E-state index contributed by atoms with van der Waals surface area (Å²) in [5, 5.41) is 0. The van der Waals surface area contributed by atoms with E-state index in [0.717, 1.165) is 29.3 Å². The van der Waals surface area contributed by atoms with Gasteiger partial charge in [-0.3, -0.25) is 0 Å². The van der Waals surface area contributed by atoms with Crippen molar-refractivity contribution < 1.29 is 9.47 Å². The Hall–Kier alpha value is -1.96. The van der Waals surface area contributed by atoms with Gasteiger partial charge in [0.15, 0.2) is 0 Å². The van der Waals surface area contributed by atoms with Crippen molar-refractivity contribution in [3.05, 3.63) is 48.5 Å². The molecule has 2 aliphatic rings. The molecule has 2 aromatic rings. The van der Waals surface area contributed by atoms with Gasteiger partial charge in [-0.15, -0.1) is 0 Å². The molecule has 0 aliphatic heterocycles. The maximum atomic E-state index is 6.41. The summed E-state index contributed by atoms with van der Waals surface area (Å²) in [5.74, 6) is 4.62. The average molecular weight is 449 g/mol. The lowest BCUT2D eigenvalue weighted by Crippen LogP contribution is -2.38. The zero-order chi connectivity index (χ0) is 23.4. The van der Waals surface area contributed by atoms with E-state index in [2.05, 4.69) is 71.0 Å². The molecule has 0 aromatic heterocycles. The van der Waals surface area contributed by atoms with E-state index in [0.29, 0.717) is 11.5 Å². The van der Waals surface area contributed by atoms with Crippen molar-refractivity contribution in [2.24, 2.45) is 23.2 Å². The first-order valence-corrected chi connectivity index (χ1v) is 13.3. The molecule has 2 aromatic carbocycles. The van der Waals surface area contributed by atoms with Crippen molar-refractivity contribution in [2.45, 2.75) is 98.2 Å². The van der Waals surface area contributed by atoms with Gasteiger partial charge in [0.05, 0.1) is 12.2 Å². The van der Waals surface area contributed by atoms with Crippen molar-refractivity contribution in [1.29, 1.82) is 0 Å². The highest BCUT2D eigenvalue weighted by atomic mass is 16.5. The lowest BCUT2D eigenvalue weighted by atomic mass is 9.60. The summed E-state index contributed by atoms with van der Waals surface area (Å²) in [6.07, 6.45) is 11.3. The Bertz CT molecular complexity index is 849. The second-order valence-corrected chi connectivity index (χ2v) is 11.6. The second-order valence-electron chi connectivity index (χ2n) is 11.6. The molecule has 0 spiro atoms. The highest BCUT2D eigenvalue weighted by Gasteiger charge is 2.40. The van der Waals surface area contributed by atoms with Crippen LogP contribution in [0.4, 0.5) is 0 Å². The minimum absolute atomic E-state index is 0.199. The van der Waals surface area contributed by atoms with Crippen LogP contribution >= 0.6 is 0 Å². The molecular weight excluding hydrogens is 404 g/mol. The molecule has 0 heterocycles. The van der Waals surface area contributed by atoms with Gasteiger partial charge in [0, 0.05) is 0 Å². The summed E-state index contributed by atoms with van der Waals surface area (Å²) in [6, 6.07) is 17.0. The van der Waals surface area contributed by atoms with E-state index in [-0.39, 0.29) is 6.10 Å². The quantitative estimate of drug-likeness (QED) is 0.421. The first kappa shape index (κ1) is 24.2. The Labute approximate surface area is 202 Å². The summed E-state index contributed by atoms with van der Waals surface area (Å²) >= 11 is 0. The minimum atomic E-state index is 0.199. The van der Waals surface area contributed by atoms with E-state index < -0.39 is 0 Å². The summed E-state index contributed by atoms with van der Waals surface area (Å²) < 4.78 is 12.2. The van der Waals surface area contributed by atoms with Crippen molar-refractivity contribution >= 4 is 0 Å². The van der Waals surface area contributed by atoms with E-state index in [4.69, 9.17) is 9.47 Å². The van der Waals surface area contributed by atoms with Gasteiger partial charge in [-0.05, 0) is 111 Å². The molecule has 0 radical (unpaired) electrons. The van der Waals surface area contributed by atoms with Crippen LogP contribution in [0.2, 0.25) is 0 Å². The summed E-state index contributed by atoms with van der Waals surface area (Å²) in [7, 11) is 0. The third kappa shape index (κ3) is 6.14. The fourth-order valence-electron chi connectivity index (χ4n) is 6.18. The van der Waals surface area contributed by atoms with Crippen LogP contribution in [0.1, 0.15) is 86.0 Å². The molecule has 2 aliphatic carbocycles. The molecule has 0 atom stereocenters. The van der Waals surface area contributed by atoms with Crippen molar-refractivity contribution in [3.63, 3.8) is 0 Å². The topological polar surface area (TPSA) is 18.5 Å². The molecular formula is C31H44O2. The van der Waals surface area contributed by atoms with Gasteiger partial charge in [-0.1, -0.05) is 57.9 Å². The Balaban J connectivity index is 1.28. The number of benzene rings is 2. The van der Waals surface area contributed by atoms with Gasteiger partial charge in [0.2, 0.25) is 0 Å². The Morgan fingerprint density at radius 3 is 1.61 bits per heavy atom. The van der Waals surface area contributed by atoms with Gasteiger partial charge >= 0.3 is 0 Å². The van der Waals surface area contributed by atoms with Crippen LogP contribution in [0.15, 0.2) is 48.5 Å². The largest absolute Gasteiger partial charge is 0.491 e. The number of hydrogen-bond donors (Lipinski definition) is 0. The first-order valence-electron chi connectivity index (χ1n) is 13.3. The lowest BCUT2D eigenvalue weighted by Gasteiger charge is -2.46. The van der Waals surface area contributed by atoms with Crippen molar-refractivity contribution in [1.82, 2.24) is 0 Å². The van der Waals surface area contributed by atoms with Crippen LogP contribution in [-0.4, -0.2) is 12.2 Å². The zero-order valence-corrected chi connectivity index (χ0v) is 21.5. The van der Waals surface area contributed by atoms with Gasteiger partial charge in [0.1, 0.15) is 11.5 Å². The summed E-state index contributed by atoms with van der Waals surface area (Å²) in [6.45, 7) is 11.6. The molecule has 4 rings (SSSR count). The molecule has 0 unspecified atom stereocenters. The molecule has 2 heteroatoms. The minimum Gasteiger partial charge on any atom is -0.491 e. The first-order chi connectivity index (χ1) is 15.8. The maximum absolute atomic E-state index is 6.41. The second kappa shape index (κ2) is 10.5. The third-order valence-corrected chi connectivity index (χ3v) is 8.51. The number of ether oxygens (including phenoxy) is 2. The van der Waals surface area contributed by atoms with Crippen LogP contribution in [0.5, 0.6) is 11.5 Å². The third-order valence-electron chi connectivity index (χ3n) is 8.51. The predicted molar refractivity (Wildman–Crippen MR) is 139 cm³/mol. The summed E-state index contributed by atoms with van der Waals surface area (Å²) in [5.41, 5.74) is 2.89. The van der Waals surface area contributed by atoms with E-state index in [9.17, 15) is 0 Å². The highest BCUT2D eigenvalue weighted by Crippen LogP contribution is 2.49. The SMILES string of the molecule is CC1CCC(C(C)(C)C2CCC(Oc3ccc(-c4ccc(OC(C)C)cc4)cc3)CC2)CC1. The van der Waals surface area contributed by atoms with Gasteiger partial charge in [0.25, 0.3) is 0 Å². The molecule has 0 bridgehead atoms. The monoisotopic (exact) mass is 448 g/mol. The summed E-state index contributed by atoms with van der Waals surface area (Å²) in [4.78, 5) is 0. The smallest absolute Gasteiger partial charge is 0.119 e. The van der Waals surface area contributed by atoms with Crippen LogP contribution in [0.25, 0.3) is 11.1 Å². The van der Waals surface area contributed by atoms with Gasteiger partial charge in [-0.2, -0.15) is 0 Å². The van der Waals surface area contributed by atoms with E-state index in [1.807, 2.05) is 12.1 Å². The molecule has 0 saturated heterocycles. The van der Waals surface area contributed by atoms with Crippen LogP contribution in [-0.2, 0) is 0 Å². The predicted octanol–water partition coefficient (Wildman–Crippen LogP) is 8.93. The van der Waals surface area contributed by atoms with E-state index >= 15 is 0 Å². The van der Waals surface area contributed by atoms with Crippen LogP contribution in [0.3, 0.4) is 0 Å². The highest BCUT2D eigenvalue weighted by molar-refractivity contribution is 5.64. The van der Waals surface area contributed by atoms with Crippen molar-refractivity contribution in [3.8, 4) is 22.6 Å². The van der Waals surface area contributed by atoms with E-state index in [1.165, 1.54) is 62.5 Å². The fourth-order valence-corrected chi connectivity index (χ4v) is 6.18. The standard InChI is InChI=1S/C31H44O2/c1-22(2)32-28-16-8-24(9-17-28)25-10-18-29(19-11-25)33-30-20-14-27(15-21-30)31(4,5)26-12-6-23(3)7-13-26/h8-11,16-19,22-23,26-27,30H,6-7,12-15,20-21H2,1-5H3. The molecule has 2 fully saturated rings. The molecule has 2 nitrogen and oxygen atoms in total. The Morgan fingerprint density at radius 2 is 1.12 bits per heavy atom. The Kier molecular flexibility index (Phi) is 7.72. The number of hydrogen-bond acceptors (Lipinski definition) is 2. The molecule has 0 N–H and O–H groups in total. The fraction of sp³-hybridized carbons (Fsp3) is 0.613. The zero-order valence-electron chi connectivity index (χ0n) is 21.5. The van der Waals surface area contributed by atoms with Gasteiger partial charge < -0.3 is 9.47 Å². The molecule has 0 amide bonds. The van der Waals surface area contributed by atoms with Crippen LogP contribution < -0.4 is 9.47 Å². The lowest BCUT2D eigenvalue weighted by molar-refractivity contribution is 0.0237. The van der Waals surface area contributed by atoms with E-state index in [1.54, 1.807) is 0 Å². The van der Waals surface area contributed by atoms with Gasteiger partial charge in [-0.25, -0.2) is 0 Å². The molecule has 180 valence electrons. The maximum Gasteiger partial charge on any atom is 0.119 e. The average Bonchev–Trinajstić information content (AvgIpc) is 2.80. The molecule has 33 heavy (non-hydrogen) atoms. The van der Waals surface area contributed by atoms with Crippen LogP contribution in [0, 0.1) is 23.2 Å². The van der Waals surface area contributed by atoms with Crippen molar-refractivity contribution in [2.75, 3.05) is 0 Å². The Morgan fingerprint density at radius 1 is 0.667 bits per heavy atom. The number of rotatable bonds is 7. The molecule has 2 saturated carbocycles. The normalized spacial score (nSPS) is 26.2.